The first kappa shape index (κ1) is 34.6. The number of hydrogen-bond donors (Lipinski definition) is 3. The van der Waals surface area contributed by atoms with Gasteiger partial charge in [0.2, 0.25) is 5.91 Å². The van der Waals surface area contributed by atoms with Crippen molar-refractivity contribution in [2.45, 2.75) is 37.3 Å². The van der Waals surface area contributed by atoms with Crippen molar-refractivity contribution in [3.05, 3.63) is 112 Å². The lowest BCUT2D eigenvalue weighted by molar-refractivity contribution is -0.117. The molecule has 0 unspecified atom stereocenters. The molecule has 4 rings (SSSR count). The lowest BCUT2D eigenvalue weighted by atomic mass is 10.1. The molecule has 0 aliphatic carbocycles. The molecule has 2 amide bonds. The third kappa shape index (κ3) is 9.37. The number of aliphatic hydroxyl groups is 1. The Labute approximate surface area is 277 Å². The van der Waals surface area contributed by atoms with Crippen molar-refractivity contribution in [3.8, 4) is 17.2 Å². The fourth-order valence-corrected chi connectivity index (χ4v) is 5.81. The molecule has 10 nitrogen and oxygen atoms in total. The van der Waals surface area contributed by atoms with Crippen molar-refractivity contribution < 1.29 is 32.6 Å². The summed E-state index contributed by atoms with van der Waals surface area (Å²) in [5, 5.41) is 11.4. The summed E-state index contributed by atoms with van der Waals surface area (Å²) in [5.74, 6) is 0.264. The van der Waals surface area contributed by atoms with E-state index in [4.69, 9.17) is 38.4 Å². The van der Waals surface area contributed by atoms with Crippen LogP contribution in [-0.2, 0) is 21.2 Å². The van der Waals surface area contributed by atoms with Gasteiger partial charge in [-0.2, -0.15) is 0 Å². The van der Waals surface area contributed by atoms with Gasteiger partial charge >= 0.3 is 0 Å². The summed E-state index contributed by atoms with van der Waals surface area (Å²) >= 11 is 12.4. The van der Waals surface area contributed by atoms with Crippen molar-refractivity contribution in [2.75, 3.05) is 17.9 Å². The summed E-state index contributed by atoms with van der Waals surface area (Å²) in [5.41, 5.74) is 5.96. The van der Waals surface area contributed by atoms with Gasteiger partial charge in [-0.1, -0.05) is 47.5 Å². The molecule has 46 heavy (non-hydrogen) atoms. The molecule has 0 fully saturated rings. The van der Waals surface area contributed by atoms with Gasteiger partial charge in [0.25, 0.3) is 15.9 Å². The second-order valence-electron chi connectivity index (χ2n) is 10.6. The number of amides is 2. The summed E-state index contributed by atoms with van der Waals surface area (Å²) < 4.78 is 40.6. The third-order valence-electron chi connectivity index (χ3n) is 6.69. The van der Waals surface area contributed by atoms with Crippen LogP contribution in [0.2, 0.25) is 10.0 Å². The minimum atomic E-state index is -4.14. The molecule has 4 aromatic carbocycles. The van der Waals surface area contributed by atoms with Crippen LogP contribution in [0.25, 0.3) is 0 Å². The molecular formula is C33H33Cl2N3O7S. The number of primary amides is 1. The largest absolute Gasteiger partial charge is 0.491 e. The van der Waals surface area contributed by atoms with E-state index in [1.807, 2.05) is 0 Å². The summed E-state index contributed by atoms with van der Waals surface area (Å²) in [6, 6.07) is 23.2. The molecule has 0 aliphatic heterocycles. The Balaban J connectivity index is 1.46. The number of para-hydroxylation sites is 1. The number of halogens is 2. The van der Waals surface area contributed by atoms with Crippen LogP contribution in [-0.4, -0.2) is 55.5 Å². The van der Waals surface area contributed by atoms with Crippen LogP contribution in [0.3, 0.4) is 0 Å². The molecule has 1 atom stereocenters. The zero-order chi connectivity index (χ0) is 33.4. The summed E-state index contributed by atoms with van der Waals surface area (Å²) in [6.07, 6.45) is -0.982. The minimum Gasteiger partial charge on any atom is -0.491 e. The quantitative estimate of drug-likeness (QED) is 0.150. The number of rotatable bonds is 14. The topological polar surface area (TPSA) is 148 Å². The third-order valence-corrected chi connectivity index (χ3v) is 8.62. The maximum absolute atomic E-state index is 13.8. The second kappa shape index (κ2) is 15.3. The summed E-state index contributed by atoms with van der Waals surface area (Å²) in [7, 11) is -4.14. The van der Waals surface area contributed by atoms with Crippen LogP contribution in [0.4, 0.5) is 5.69 Å². The highest BCUT2D eigenvalue weighted by Crippen LogP contribution is 2.30. The Hall–Kier alpha value is -4.29. The number of nitrogens with two attached hydrogens (primary N) is 1. The van der Waals surface area contributed by atoms with Crippen LogP contribution in [0, 0.1) is 0 Å². The second-order valence-corrected chi connectivity index (χ2v) is 13.1. The molecule has 0 saturated carbocycles. The van der Waals surface area contributed by atoms with Gasteiger partial charge in [-0.25, -0.2) is 8.42 Å². The van der Waals surface area contributed by atoms with E-state index in [2.05, 4.69) is 4.72 Å². The van der Waals surface area contributed by atoms with Gasteiger partial charge in [-0.05, 0) is 86.1 Å². The van der Waals surface area contributed by atoms with E-state index in [1.165, 1.54) is 47.4 Å². The first-order valence-electron chi connectivity index (χ1n) is 14.2. The smallest absolute Gasteiger partial charge is 0.261 e. The van der Waals surface area contributed by atoms with E-state index in [1.54, 1.807) is 62.4 Å². The molecule has 13 heteroatoms. The zero-order valence-corrected chi connectivity index (χ0v) is 27.4. The molecule has 0 saturated heterocycles. The molecule has 4 N–H and O–H groups in total. The number of aliphatic hydroxyl groups excluding tert-OH is 1. The monoisotopic (exact) mass is 685 g/mol. The summed E-state index contributed by atoms with van der Waals surface area (Å²) in [6.45, 7) is 3.30. The van der Waals surface area contributed by atoms with Gasteiger partial charge in [-0.3, -0.25) is 14.3 Å². The average molecular weight is 687 g/mol. The standard InChI is InChI=1S/C33H33Cl2N3O7S/c1-21(2)38(19-24(39)20-44-25-10-7-22(8-11-25)17-32(36)40)33(41)28-18-23(34)9-16-30(28)37-46(42,43)27-14-12-26(13-15-27)45-31-6-4-3-5-29(31)35/h3-16,18,21,24,37,39H,17,19-20H2,1-2H3,(H2,36,40)/t24-/m0/s1. The van der Waals surface area contributed by atoms with Crippen molar-refractivity contribution in [1.29, 1.82) is 0 Å². The van der Waals surface area contributed by atoms with Gasteiger partial charge in [0.05, 0.1) is 34.1 Å². The minimum absolute atomic E-state index is 0.00149. The molecule has 0 radical (unpaired) electrons. The number of carbonyl (C=O) groups is 2. The maximum atomic E-state index is 13.8. The van der Waals surface area contributed by atoms with Crippen molar-refractivity contribution >= 4 is 50.7 Å². The number of benzene rings is 4. The lowest BCUT2D eigenvalue weighted by Gasteiger charge is -2.30. The van der Waals surface area contributed by atoms with E-state index < -0.39 is 27.9 Å². The summed E-state index contributed by atoms with van der Waals surface area (Å²) in [4.78, 5) is 26.2. The van der Waals surface area contributed by atoms with Gasteiger partial charge < -0.3 is 25.2 Å². The van der Waals surface area contributed by atoms with Crippen LogP contribution in [0.15, 0.2) is 95.9 Å². The Morgan fingerprint density at radius 2 is 1.59 bits per heavy atom. The van der Waals surface area contributed by atoms with Crippen LogP contribution in [0.5, 0.6) is 17.2 Å². The highest BCUT2D eigenvalue weighted by molar-refractivity contribution is 7.92. The number of sulfonamides is 1. The Morgan fingerprint density at radius 1 is 0.935 bits per heavy atom. The number of hydrogen-bond acceptors (Lipinski definition) is 7. The number of ether oxygens (including phenoxy) is 2. The Bertz CT molecular complexity index is 1780. The fourth-order valence-electron chi connectivity index (χ4n) is 4.39. The van der Waals surface area contributed by atoms with E-state index in [9.17, 15) is 23.1 Å². The van der Waals surface area contributed by atoms with Gasteiger partial charge in [-0.15, -0.1) is 0 Å². The first-order valence-corrected chi connectivity index (χ1v) is 16.4. The maximum Gasteiger partial charge on any atom is 0.261 e. The van der Waals surface area contributed by atoms with Gasteiger partial charge in [0, 0.05) is 11.1 Å². The van der Waals surface area contributed by atoms with Crippen molar-refractivity contribution in [1.82, 2.24) is 4.90 Å². The number of nitrogens with one attached hydrogen (secondary N) is 1. The van der Waals surface area contributed by atoms with Crippen LogP contribution < -0.4 is 19.9 Å². The zero-order valence-electron chi connectivity index (χ0n) is 25.0. The van der Waals surface area contributed by atoms with Crippen molar-refractivity contribution in [3.63, 3.8) is 0 Å². The van der Waals surface area contributed by atoms with Gasteiger partial charge in [0.15, 0.2) is 0 Å². The molecule has 0 aliphatic rings. The van der Waals surface area contributed by atoms with Crippen LogP contribution in [0.1, 0.15) is 29.8 Å². The molecule has 4 aromatic rings. The first-order chi connectivity index (χ1) is 21.8. The van der Waals surface area contributed by atoms with E-state index in [0.717, 1.165) is 5.56 Å². The van der Waals surface area contributed by atoms with E-state index >= 15 is 0 Å². The Kier molecular flexibility index (Phi) is 11.5. The highest BCUT2D eigenvalue weighted by atomic mass is 35.5. The number of nitrogens with zero attached hydrogens (tertiary/aromatic N) is 1. The molecule has 0 aromatic heterocycles. The predicted octanol–water partition coefficient (Wildman–Crippen LogP) is 5.90. The lowest BCUT2D eigenvalue weighted by Crippen LogP contribution is -2.44. The van der Waals surface area contributed by atoms with Crippen LogP contribution >= 0.6 is 23.2 Å². The van der Waals surface area contributed by atoms with E-state index in [-0.39, 0.29) is 46.8 Å². The average Bonchev–Trinajstić information content (AvgIpc) is 3.01. The number of anilines is 1. The molecule has 0 spiro atoms. The predicted molar refractivity (Wildman–Crippen MR) is 177 cm³/mol. The highest BCUT2D eigenvalue weighted by Gasteiger charge is 2.26. The Morgan fingerprint density at radius 3 is 2.22 bits per heavy atom. The van der Waals surface area contributed by atoms with Crippen molar-refractivity contribution in [2.24, 2.45) is 5.73 Å². The van der Waals surface area contributed by atoms with E-state index in [0.29, 0.717) is 22.3 Å². The van der Waals surface area contributed by atoms with Gasteiger partial charge in [0.1, 0.15) is 30.0 Å². The fraction of sp³-hybridized carbons (Fsp3) is 0.212. The molecule has 0 heterocycles. The molecular weight excluding hydrogens is 653 g/mol. The number of carbonyl (C=O) groups excluding carboxylic acids is 2. The molecule has 0 bridgehead atoms. The normalized spacial score (nSPS) is 12.0. The molecule has 242 valence electrons. The SMILES string of the molecule is CC(C)N(C[C@H](O)COc1ccc(CC(N)=O)cc1)C(=O)c1cc(Cl)ccc1NS(=O)(=O)c1ccc(Oc2ccccc2Cl)cc1.